The first kappa shape index (κ1) is 8.50. The zero-order valence-corrected chi connectivity index (χ0v) is 9.26. The Labute approximate surface area is 90.8 Å². The zero-order valence-electron chi connectivity index (χ0n) is 7.68. The smallest absolute Gasteiger partial charge is 0.0458 e. The molecule has 0 spiro atoms. The van der Waals surface area contributed by atoms with E-state index in [-0.39, 0.29) is 0 Å². The first-order chi connectivity index (χ1) is 6.84. The molecule has 0 aliphatic carbocycles. The summed E-state index contributed by atoms with van der Waals surface area (Å²) in [4.78, 5) is 3.30. The van der Waals surface area contributed by atoms with Gasteiger partial charge in [0, 0.05) is 27.6 Å². The summed E-state index contributed by atoms with van der Waals surface area (Å²) < 4.78 is 1.14. The van der Waals surface area contributed by atoms with E-state index in [0.29, 0.717) is 6.04 Å². The molecular weight excluding hydrogens is 240 g/mol. The van der Waals surface area contributed by atoms with E-state index < -0.39 is 0 Å². The zero-order chi connectivity index (χ0) is 9.54. The third kappa shape index (κ3) is 1.20. The van der Waals surface area contributed by atoms with Crippen LogP contribution < -0.4 is 5.32 Å². The molecule has 1 aromatic heterocycles. The van der Waals surface area contributed by atoms with E-state index in [1.54, 1.807) is 0 Å². The number of nitrogens with one attached hydrogen (secondary N) is 2. The quantitative estimate of drug-likeness (QED) is 0.801. The van der Waals surface area contributed by atoms with Crippen LogP contribution in [0.25, 0.3) is 10.9 Å². The number of H-pyrrole nitrogens is 1. The number of rotatable bonds is 1. The lowest BCUT2D eigenvalue weighted by atomic mass is 9.98. The predicted octanol–water partition coefficient (Wildman–Crippen LogP) is 2.96. The van der Waals surface area contributed by atoms with Crippen LogP contribution in [0.4, 0.5) is 0 Å². The van der Waals surface area contributed by atoms with Crippen LogP contribution in [0.1, 0.15) is 18.0 Å². The van der Waals surface area contributed by atoms with Crippen molar-refractivity contribution in [2.24, 2.45) is 0 Å². The summed E-state index contributed by atoms with van der Waals surface area (Å²) in [5.74, 6) is 0. The summed E-state index contributed by atoms with van der Waals surface area (Å²) in [6, 6.07) is 6.91. The second kappa shape index (κ2) is 3.11. The van der Waals surface area contributed by atoms with E-state index >= 15 is 0 Å². The summed E-state index contributed by atoms with van der Waals surface area (Å²) in [7, 11) is 0. The highest BCUT2D eigenvalue weighted by molar-refractivity contribution is 9.10. The normalized spacial score (nSPS) is 21.1. The van der Waals surface area contributed by atoms with E-state index in [1.807, 2.05) is 0 Å². The Morgan fingerprint density at radius 3 is 2.93 bits per heavy atom. The number of hydrogen-bond donors (Lipinski definition) is 2. The third-order valence-corrected chi connectivity index (χ3v) is 3.37. The van der Waals surface area contributed by atoms with Crippen molar-refractivity contribution in [2.45, 2.75) is 12.5 Å². The van der Waals surface area contributed by atoms with Gasteiger partial charge >= 0.3 is 0 Å². The van der Waals surface area contributed by atoms with Gasteiger partial charge in [-0.2, -0.15) is 0 Å². The molecule has 1 atom stereocenters. The number of benzene rings is 1. The molecule has 3 heteroatoms. The van der Waals surface area contributed by atoms with Crippen LogP contribution in [0, 0.1) is 0 Å². The number of hydrogen-bond acceptors (Lipinski definition) is 1. The molecule has 1 fully saturated rings. The van der Waals surface area contributed by atoms with Gasteiger partial charge in [-0.3, -0.25) is 0 Å². The van der Waals surface area contributed by atoms with E-state index in [2.05, 4.69) is 50.6 Å². The minimum Gasteiger partial charge on any atom is -0.361 e. The SMILES string of the molecule is Brc1ccc2[nH]cc(C3CCN3)c2c1. The molecule has 2 N–H and O–H groups in total. The Hall–Kier alpha value is -0.800. The van der Waals surface area contributed by atoms with Crippen LogP contribution in [-0.4, -0.2) is 11.5 Å². The highest BCUT2D eigenvalue weighted by atomic mass is 79.9. The highest BCUT2D eigenvalue weighted by Gasteiger charge is 2.21. The Kier molecular flexibility index (Phi) is 1.89. The van der Waals surface area contributed by atoms with Gasteiger partial charge in [0.05, 0.1) is 0 Å². The number of halogens is 1. The Bertz CT molecular complexity index is 471. The summed E-state index contributed by atoms with van der Waals surface area (Å²) in [6.45, 7) is 1.14. The summed E-state index contributed by atoms with van der Waals surface area (Å²) in [6.07, 6.45) is 3.37. The van der Waals surface area contributed by atoms with Crippen molar-refractivity contribution in [3.8, 4) is 0 Å². The second-order valence-electron chi connectivity index (χ2n) is 3.73. The lowest BCUT2D eigenvalue weighted by Crippen LogP contribution is -2.34. The Morgan fingerprint density at radius 2 is 2.21 bits per heavy atom. The van der Waals surface area contributed by atoms with Crippen LogP contribution >= 0.6 is 15.9 Å². The maximum atomic E-state index is 3.51. The Morgan fingerprint density at radius 1 is 1.36 bits per heavy atom. The van der Waals surface area contributed by atoms with E-state index in [9.17, 15) is 0 Å². The van der Waals surface area contributed by atoms with Gasteiger partial charge in [0.2, 0.25) is 0 Å². The molecule has 2 heterocycles. The fraction of sp³-hybridized carbons (Fsp3) is 0.273. The van der Waals surface area contributed by atoms with E-state index in [4.69, 9.17) is 0 Å². The van der Waals surface area contributed by atoms with Gasteiger partial charge in [-0.05, 0) is 36.7 Å². The van der Waals surface area contributed by atoms with Crippen molar-refractivity contribution in [3.05, 3.63) is 34.4 Å². The van der Waals surface area contributed by atoms with E-state index in [0.717, 1.165) is 11.0 Å². The van der Waals surface area contributed by atoms with Crippen LogP contribution in [0.5, 0.6) is 0 Å². The molecule has 72 valence electrons. The van der Waals surface area contributed by atoms with Crippen LogP contribution in [0.2, 0.25) is 0 Å². The van der Waals surface area contributed by atoms with Gasteiger partial charge < -0.3 is 10.3 Å². The van der Waals surface area contributed by atoms with Crippen molar-refractivity contribution in [1.29, 1.82) is 0 Å². The monoisotopic (exact) mass is 250 g/mol. The molecule has 1 aliphatic rings. The lowest BCUT2D eigenvalue weighted by molar-refractivity contribution is 0.385. The lowest BCUT2D eigenvalue weighted by Gasteiger charge is -2.27. The molecule has 1 unspecified atom stereocenters. The summed E-state index contributed by atoms with van der Waals surface area (Å²) in [5.41, 5.74) is 2.62. The fourth-order valence-electron chi connectivity index (χ4n) is 1.96. The van der Waals surface area contributed by atoms with Gasteiger partial charge in [-0.25, -0.2) is 0 Å². The largest absolute Gasteiger partial charge is 0.361 e. The highest BCUT2D eigenvalue weighted by Crippen LogP contribution is 2.31. The van der Waals surface area contributed by atoms with Crippen molar-refractivity contribution in [2.75, 3.05) is 6.54 Å². The van der Waals surface area contributed by atoms with Gasteiger partial charge in [-0.15, -0.1) is 0 Å². The molecule has 2 aromatic rings. The first-order valence-corrected chi connectivity index (χ1v) is 5.64. The fourth-order valence-corrected chi connectivity index (χ4v) is 2.32. The summed E-state index contributed by atoms with van der Waals surface area (Å²) >= 11 is 3.51. The minimum absolute atomic E-state index is 0.554. The van der Waals surface area contributed by atoms with Crippen molar-refractivity contribution in [1.82, 2.24) is 10.3 Å². The molecule has 0 saturated carbocycles. The Balaban J connectivity index is 2.18. The van der Waals surface area contributed by atoms with Gasteiger partial charge in [0.25, 0.3) is 0 Å². The van der Waals surface area contributed by atoms with Crippen LogP contribution in [-0.2, 0) is 0 Å². The maximum Gasteiger partial charge on any atom is 0.0458 e. The molecule has 0 bridgehead atoms. The number of fused-ring (bicyclic) bond motifs is 1. The molecule has 14 heavy (non-hydrogen) atoms. The second-order valence-corrected chi connectivity index (χ2v) is 4.64. The van der Waals surface area contributed by atoms with Crippen molar-refractivity contribution < 1.29 is 0 Å². The first-order valence-electron chi connectivity index (χ1n) is 4.84. The standard InChI is InChI=1S/C11H11BrN2/c12-7-1-2-10-8(5-7)9(6-14-10)11-3-4-13-11/h1-2,5-6,11,13-14H,3-4H2. The van der Waals surface area contributed by atoms with Crippen LogP contribution in [0.15, 0.2) is 28.9 Å². The average molecular weight is 251 g/mol. The van der Waals surface area contributed by atoms with Gasteiger partial charge in [0.15, 0.2) is 0 Å². The minimum atomic E-state index is 0.554. The topological polar surface area (TPSA) is 27.8 Å². The molecule has 1 aromatic carbocycles. The summed E-state index contributed by atoms with van der Waals surface area (Å²) in [5, 5.41) is 4.75. The molecule has 1 aliphatic heterocycles. The number of aromatic nitrogens is 1. The van der Waals surface area contributed by atoms with Gasteiger partial charge in [0.1, 0.15) is 0 Å². The van der Waals surface area contributed by atoms with E-state index in [1.165, 1.54) is 22.9 Å². The predicted molar refractivity (Wildman–Crippen MR) is 61.4 cm³/mol. The molecule has 0 radical (unpaired) electrons. The molecule has 3 rings (SSSR count). The number of aromatic amines is 1. The van der Waals surface area contributed by atoms with Crippen molar-refractivity contribution >= 4 is 26.8 Å². The molecule has 2 nitrogen and oxygen atoms in total. The van der Waals surface area contributed by atoms with Crippen LogP contribution in [0.3, 0.4) is 0 Å². The molecular formula is C11H11BrN2. The van der Waals surface area contributed by atoms with Crippen molar-refractivity contribution in [3.63, 3.8) is 0 Å². The molecule has 0 amide bonds. The molecule has 1 saturated heterocycles. The third-order valence-electron chi connectivity index (χ3n) is 2.87. The maximum absolute atomic E-state index is 3.51. The van der Waals surface area contributed by atoms with Gasteiger partial charge in [-0.1, -0.05) is 15.9 Å². The average Bonchev–Trinajstić information content (AvgIpc) is 2.46.